The van der Waals surface area contributed by atoms with E-state index < -0.39 is 30.3 Å². The summed E-state index contributed by atoms with van der Waals surface area (Å²) in [4.78, 5) is 32.4. The molecule has 0 aliphatic rings. The number of nitrogens with zero attached hydrogens (tertiary/aromatic N) is 3. The Bertz CT molecular complexity index is 416. The number of rotatable bonds is 6. The van der Waals surface area contributed by atoms with E-state index in [4.69, 9.17) is 10.2 Å². The minimum Gasteiger partial charge on any atom is -0.481 e. The number of carbonyl (C=O) groups excluding carboxylic acids is 1. The summed E-state index contributed by atoms with van der Waals surface area (Å²) in [6.07, 6.45) is 2.10. The molecule has 9 nitrogen and oxygen atoms in total. The highest BCUT2D eigenvalue weighted by Crippen LogP contribution is 1.93. The average Bonchev–Trinajstić information content (AvgIpc) is 2.68. The third-order valence-corrected chi connectivity index (χ3v) is 1.79. The molecule has 0 spiro atoms. The monoisotopic (exact) mass is 242 g/mol. The van der Waals surface area contributed by atoms with Gasteiger partial charge in [-0.15, -0.1) is 5.10 Å². The van der Waals surface area contributed by atoms with Crippen molar-refractivity contribution in [2.75, 3.05) is 0 Å². The molecule has 1 heterocycles. The molecule has 1 atom stereocenters. The summed E-state index contributed by atoms with van der Waals surface area (Å²) in [5, 5.41) is 26.2. The number of hydrogen-bond acceptors (Lipinski definition) is 5. The highest BCUT2D eigenvalue weighted by Gasteiger charge is 2.22. The number of carbonyl (C=O) groups is 3. The summed E-state index contributed by atoms with van der Waals surface area (Å²) in [5.41, 5.74) is 0. The van der Waals surface area contributed by atoms with E-state index in [9.17, 15) is 14.4 Å². The van der Waals surface area contributed by atoms with Gasteiger partial charge in [0.25, 0.3) is 0 Å². The summed E-state index contributed by atoms with van der Waals surface area (Å²) in [7, 11) is 0. The first-order valence-electron chi connectivity index (χ1n) is 4.57. The highest BCUT2D eigenvalue weighted by molar-refractivity contribution is 5.86. The molecule has 0 fully saturated rings. The van der Waals surface area contributed by atoms with Crippen LogP contribution in [0.1, 0.15) is 6.42 Å². The van der Waals surface area contributed by atoms with Gasteiger partial charge in [-0.1, -0.05) is 5.21 Å². The number of hydrogen-bond donors (Lipinski definition) is 3. The molecule has 0 bridgehead atoms. The van der Waals surface area contributed by atoms with E-state index in [-0.39, 0.29) is 6.54 Å². The Balaban J connectivity index is 2.52. The number of amides is 1. The van der Waals surface area contributed by atoms with E-state index >= 15 is 0 Å². The fourth-order valence-corrected chi connectivity index (χ4v) is 1.08. The first-order valence-corrected chi connectivity index (χ1v) is 4.57. The second-order valence-corrected chi connectivity index (χ2v) is 3.16. The summed E-state index contributed by atoms with van der Waals surface area (Å²) in [6.45, 7) is -0.219. The van der Waals surface area contributed by atoms with Crippen LogP contribution in [0.4, 0.5) is 0 Å². The van der Waals surface area contributed by atoms with Crippen LogP contribution in [-0.2, 0) is 20.9 Å². The van der Waals surface area contributed by atoms with Gasteiger partial charge in [0.05, 0.1) is 12.6 Å². The zero-order valence-corrected chi connectivity index (χ0v) is 8.61. The van der Waals surface area contributed by atoms with E-state index in [0.29, 0.717) is 0 Å². The Morgan fingerprint density at radius 3 is 2.53 bits per heavy atom. The van der Waals surface area contributed by atoms with Gasteiger partial charge in [-0.05, 0) is 0 Å². The van der Waals surface area contributed by atoms with Crippen LogP contribution in [0.25, 0.3) is 0 Å². The van der Waals surface area contributed by atoms with Crippen LogP contribution in [0.2, 0.25) is 0 Å². The van der Waals surface area contributed by atoms with Crippen LogP contribution in [-0.4, -0.2) is 49.1 Å². The van der Waals surface area contributed by atoms with Crippen molar-refractivity contribution in [2.24, 2.45) is 0 Å². The van der Waals surface area contributed by atoms with Crippen LogP contribution < -0.4 is 5.32 Å². The molecular formula is C8H10N4O5. The first-order chi connectivity index (χ1) is 7.99. The lowest BCUT2D eigenvalue weighted by atomic mass is 10.2. The minimum atomic E-state index is -1.46. The first kappa shape index (κ1) is 12.6. The van der Waals surface area contributed by atoms with Crippen molar-refractivity contribution in [3.63, 3.8) is 0 Å². The van der Waals surface area contributed by atoms with Crippen molar-refractivity contribution >= 4 is 17.8 Å². The van der Waals surface area contributed by atoms with Crippen LogP contribution in [0, 0.1) is 0 Å². The number of nitrogens with one attached hydrogen (secondary N) is 1. The molecule has 0 radical (unpaired) electrons. The Hall–Kier alpha value is -2.45. The lowest BCUT2D eigenvalue weighted by Gasteiger charge is -2.11. The van der Waals surface area contributed by atoms with Gasteiger partial charge in [0.2, 0.25) is 5.91 Å². The van der Waals surface area contributed by atoms with Gasteiger partial charge in [0.1, 0.15) is 12.6 Å². The Labute approximate surface area is 95.0 Å². The number of carboxylic acid groups (broad SMARTS) is 2. The lowest BCUT2D eigenvalue weighted by molar-refractivity contribution is -0.147. The molecule has 1 aromatic rings. The molecule has 1 rings (SSSR count). The highest BCUT2D eigenvalue weighted by atomic mass is 16.4. The molecule has 1 amide bonds. The van der Waals surface area contributed by atoms with Crippen LogP contribution in [0.15, 0.2) is 12.4 Å². The van der Waals surface area contributed by atoms with Gasteiger partial charge < -0.3 is 15.5 Å². The molecule has 0 aromatic carbocycles. The second-order valence-electron chi connectivity index (χ2n) is 3.16. The molecule has 1 aromatic heterocycles. The van der Waals surface area contributed by atoms with Gasteiger partial charge in [-0.25, -0.2) is 9.48 Å². The quantitative estimate of drug-likeness (QED) is 0.542. The summed E-state index contributed by atoms with van der Waals surface area (Å²) < 4.78 is 1.19. The van der Waals surface area contributed by atoms with Gasteiger partial charge in [-0.2, -0.15) is 0 Å². The summed E-state index contributed by atoms with van der Waals surface area (Å²) in [5.74, 6) is -3.36. The smallest absolute Gasteiger partial charge is 0.326 e. The van der Waals surface area contributed by atoms with Crippen molar-refractivity contribution in [1.29, 1.82) is 0 Å². The number of aromatic nitrogens is 3. The Kier molecular flexibility index (Phi) is 4.14. The largest absolute Gasteiger partial charge is 0.481 e. The number of carboxylic acids is 2. The normalized spacial score (nSPS) is 11.8. The van der Waals surface area contributed by atoms with Crippen LogP contribution in [0.3, 0.4) is 0 Å². The predicted octanol–water partition coefficient (Wildman–Crippen LogP) is -1.68. The summed E-state index contributed by atoms with van der Waals surface area (Å²) in [6, 6.07) is -1.46. The van der Waals surface area contributed by atoms with Crippen LogP contribution >= 0.6 is 0 Å². The molecular weight excluding hydrogens is 232 g/mol. The Morgan fingerprint density at radius 1 is 1.35 bits per heavy atom. The van der Waals surface area contributed by atoms with Crippen molar-refractivity contribution in [1.82, 2.24) is 20.3 Å². The SMILES string of the molecule is O=C(O)CC(NC(=O)Cn1ccnn1)C(=O)O. The van der Waals surface area contributed by atoms with Gasteiger partial charge in [0, 0.05) is 6.20 Å². The molecule has 92 valence electrons. The zero-order chi connectivity index (χ0) is 12.8. The fourth-order valence-electron chi connectivity index (χ4n) is 1.08. The van der Waals surface area contributed by atoms with E-state index in [0.717, 1.165) is 0 Å². The summed E-state index contributed by atoms with van der Waals surface area (Å²) >= 11 is 0. The van der Waals surface area contributed by atoms with Gasteiger partial charge in [-0.3, -0.25) is 9.59 Å². The number of aliphatic carboxylic acids is 2. The van der Waals surface area contributed by atoms with E-state index in [1.165, 1.54) is 17.1 Å². The third-order valence-electron chi connectivity index (χ3n) is 1.79. The van der Waals surface area contributed by atoms with Crippen molar-refractivity contribution in [3.05, 3.63) is 12.4 Å². The Morgan fingerprint density at radius 2 is 2.06 bits per heavy atom. The average molecular weight is 242 g/mol. The third kappa shape index (κ3) is 4.28. The molecule has 0 saturated heterocycles. The predicted molar refractivity (Wildman–Crippen MR) is 51.8 cm³/mol. The maximum Gasteiger partial charge on any atom is 0.326 e. The second kappa shape index (κ2) is 5.58. The molecule has 0 aliphatic carbocycles. The van der Waals surface area contributed by atoms with E-state index in [1.54, 1.807) is 0 Å². The molecule has 1 unspecified atom stereocenters. The molecule has 0 saturated carbocycles. The van der Waals surface area contributed by atoms with Crippen LogP contribution in [0.5, 0.6) is 0 Å². The lowest BCUT2D eigenvalue weighted by Crippen LogP contribution is -2.43. The minimum absolute atomic E-state index is 0.219. The van der Waals surface area contributed by atoms with Gasteiger partial charge >= 0.3 is 11.9 Å². The van der Waals surface area contributed by atoms with E-state index in [1.807, 2.05) is 0 Å². The molecule has 3 N–H and O–H groups in total. The maximum atomic E-state index is 11.4. The topological polar surface area (TPSA) is 134 Å². The molecule has 0 aliphatic heterocycles. The zero-order valence-electron chi connectivity index (χ0n) is 8.61. The van der Waals surface area contributed by atoms with E-state index in [2.05, 4.69) is 15.6 Å². The maximum absolute atomic E-state index is 11.4. The molecule has 17 heavy (non-hydrogen) atoms. The van der Waals surface area contributed by atoms with Crippen molar-refractivity contribution in [3.8, 4) is 0 Å². The molecule has 9 heteroatoms. The van der Waals surface area contributed by atoms with Crippen molar-refractivity contribution < 1.29 is 24.6 Å². The van der Waals surface area contributed by atoms with Crippen molar-refractivity contribution in [2.45, 2.75) is 19.0 Å². The fraction of sp³-hybridized carbons (Fsp3) is 0.375. The van der Waals surface area contributed by atoms with Gasteiger partial charge in [0.15, 0.2) is 0 Å². The standard InChI is InChI=1S/C8H10N4O5/c13-6(4-12-2-1-9-11-12)10-5(8(16)17)3-7(14)15/h1-2,5H,3-4H2,(H,10,13)(H,14,15)(H,16,17).